The van der Waals surface area contributed by atoms with Gasteiger partial charge in [0.15, 0.2) is 0 Å². The fourth-order valence-corrected chi connectivity index (χ4v) is 3.42. The zero-order valence-corrected chi connectivity index (χ0v) is 17.0. The third-order valence-electron chi connectivity index (χ3n) is 5.01. The topological polar surface area (TPSA) is 111 Å². The SMILES string of the molecule is O=C(CCNC(=O)c1ccc([N+](=O)[O-])cc1)OCc1nc2ccccc2c2ccccc12. The number of fused-ring (bicyclic) bond motifs is 3. The van der Waals surface area contributed by atoms with Gasteiger partial charge in [0.05, 0.1) is 22.6 Å². The molecule has 0 aliphatic rings. The van der Waals surface area contributed by atoms with Crippen LogP contribution in [0.15, 0.2) is 72.8 Å². The molecule has 8 heteroatoms. The number of non-ortho nitro benzene ring substituents is 1. The number of aromatic nitrogens is 1. The van der Waals surface area contributed by atoms with Crippen molar-refractivity contribution in [1.29, 1.82) is 0 Å². The molecule has 1 N–H and O–H groups in total. The van der Waals surface area contributed by atoms with E-state index in [4.69, 9.17) is 4.74 Å². The molecule has 0 unspecified atom stereocenters. The molecular formula is C24H19N3O5. The zero-order chi connectivity index (χ0) is 22.5. The Kier molecular flexibility index (Phi) is 6.03. The van der Waals surface area contributed by atoms with Crippen molar-refractivity contribution in [3.05, 3.63) is 94.2 Å². The van der Waals surface area contributed by atoms with Crippen LogP contribution in [0.4, 0.5) is 5.69 Å². The lowest BCUT2D eigenvalue weighted by Gasteiger charge is -2.10. The summed E-state index contributed by atoms with van der Waals surface area (Å²) in [5, 5.41) is 16.3. The third-order valence-corrected chi connectivity index (χ3v) is 5.01. The number of carbonyl (C=O) groups is 2. The van der Waals surface area contributed by atoms with E-state index < -0.39 is 16.8 Å². The van der Waals surface area contributed by atoms with Crippen LogP contribution in [-0.2, 0) is 16.1 Å². The Labute approximate surface area is 183 Å². The molecular weight excluding hydrogens is 410 g/mol. The molecule has 0 aliphatic carbocycles. The molecule has 0 aliphatic heterocycles. The van der Waals surface area contributed by atoms with E-state index in [-0.39, 0.29) is 30.8 Å². The number of hydrogen-bond donors (Lipinski definition) is 1. The van der Waals surface area contributed by atoms with Crippen molar-refractivity contribution in [2.45, 2.75) is 13.0 Å². The maximum Gasteiger partial charge on any atom is 0.307 e. The minimum atomic E-state index is -0.536. The first-order valence-electron chi connectivity index (χ1n) is 9.97. The number of carbonyl (C=O) groups excluding carboxylic acids is 2. The Morgan fingerprint density at radius 3 is 2.28 bits per heavy atom. The Bertz CT molecular complexity index is 1320. The number of hydrogen-bond acceptors (Lipinski definition) is 6. The summed E-state index contributed by atoms with van der Waals surface area (Å²) >= 11 is 0. The van der Waals surface area contributed by atoms with Crippen molar-refractivity contribution in [1.82, 2.24) is 10.3 Å². The summed E-state index contributed by atoms with van der Waals surface area (Å²) in [7, 11) is 0. The van der Waals surface area contributed by atoms with Crippen molar-refractivity contribution in [2.75, 3.05) is 6.54 Å². The maximum atomic E-state index is 12.2. The predicted octanol–water partition coefficient (Wildman–Crippen LogP) is 4.16. The molecule has 1 heterocycles. The monoisotopic (exact) mass is 429 g/mol. The first kappa shape index (κ1) is 20.9. The first-order chi connectivity index (χ1) is 15.5. The molecule has 1 amide bonds. The average Bonchev–Trinajstić information content (AvgIpc) is 2.82. The Hall–Kier alpha value is -4.33. The van der Waals surface area contributed by atoms with E-state index in [2.05, 4.69) is 10.3 Å². The summed E-state index contributed by atoms with van der Waals surface area (Å²) in [6.45, 7) is 0.112. The van der Waals surface area contributed by atoms with Gasteiger partial charge in [-0.15, -0.1) is 0 Å². The van der Waals surface area contributed by atoms with Crippen LogP contribution in [0, 0.1) is 10.1 Å². The van der Waals surface area contributed by atoms with Crippen molar-refractivity contribution >= 4 is 39.2 Å². The van der Waals surface area contributed by atoms with Crippen LogP contribution >= 0.6 is 0 Å². The molecule has 1 aromatic heterocycles. The summed E-state index contributed by atoms with van der Waals surface area (Å²) in [5.41, 5.74) is 1.67. The number of ether oxygens (including phenoxy) is 1. The lowest BCUT2D eigenvalue weighted by molar-refractivity contribution is -0.384. The molecule has 0 spiro atoms. The van der Waals surface area contributed by atoms with E-state index in [1.54, 1.807) is 0 Å². The van der Waals surface area contributed by atoms with Gasteiger partial charge in [-0.2, -0.15) is 0 Å². The first-order valence-corrected chi connectivity index (χ1v) is 9.97. The number of nitrogens with one attached hydrogen (secondary N) is 1. The van der Waals surface area contributed by atoms with Crippen molar-refractivity contribution in [2.24, 2.45) is 0 Å². The summed E-state index contributed by atoms with van der Waals surface area (Å²) in [5.74, 6) is -0.886. The largest absolute Gasteiger partial charge is 0.459 e. The molecule has 8 nitrogen and oxygen atoms in total. The lowest BCUT2D eigenvalue weighted by atomic mass is 10.0. The fraction of sp³-hybridized carbons (Fsp3) is 0.125. The highest BCUT2D eigenvalue weighted by atomic mass is 16.6. The molecule has 0 radical (unpaired) electrons. The van der Waals surface area contributed by atoms with Gasteiger partial charge in [0.1, 0.15) is 6.61 Å². The van der Waals surface area contributed by atoms with E-state index in [1.807, 2.05) is 48.5 Å². The van der Waals surface area contributed by atoms with Gasteiger partial charge in [0, 0.05) is 35.0 Å². The van der Waals surface area contributed by atoms with Gasteiger partial charge in [-0.3, -0.25) is 19.7 Å². The van der Waals surface area contributed by atoms with Gasteiger partial charge in [0.2, 0.25) is 0 Å². The smallest absolute Gasteiger partial charge is 0.307 e. The maximum absolute atomic E-state index is 12.2. The second-order valence-corrected chi connectivity index (χ2v) is 7.09. The van der Waals surface area contributed by atoms with Gasteiger partial charge in [-0.1, -0.05) is 42.5 Å². The molecule has 4 aromatic rings. The fourth-order valence-electron chi connectivity index (χ4n) is 3.42. The zero-order valence-electron chi connectivity index (χ0n) is 17.0. The predicted molar refractivity (Wildman–Crippen MR) is 119 cm³/mol. The molecule has 0 atom stereocenters. The van der Waals surface area contributed by atoms with Gasteiger partial charge < -0.3 is 10.1 Å². The highest BCUT2D eigenvalue weighted by Gasteiger charge is 2.12. The molecule has 160 valence electrons. The number of nitrogens with zero attached hydrogens (tertiary/aromatic N) is 2. The van der Waals surface area contributed by atoms with E-state index in [9.17, 15) is 19.7 Å². The molecule has 0 bridgehead atoms. The summed E-state index contributed by atoms with van der Waals surface area (Å²) in [6.07, 6.45) is -0.00969. The Morgan fingerprint density at radius 1 is 0.906 bits per heavy atom. The number of rotatable bonds is 7. The number of benzene rings is 3. The molecule has 4 rings (SSSR count). The third kappa shape index (κ3) is 4.54. The van der Waals surface area contributed by atoms with Crippen LogP contribution in [0.25, 0.3) is 21.7 Å². The number of esters is 1. The minimum absolute atomic E-state index is 0.00969. The second-order valence-electron chi connectivity index (χ2n) is 7.09. The molecule has 0 fully saturated rings. The quantitative estimate of drug-likeness (QED) is 0.204. The summed E-state index contributed by atoms with van der Waals surface area (Å²) < 4.78 is 5.39. The Balaban J connectivity index is 1.34. The lowest BCUT2D eigenvalue weighted by Crippen LogP contribution is -2.26. The van der Waals surface area contributed by atoms with Crippen molar-refractivity contribution in [3.8, 4) is 0 Å². The second kappa shape index (κ2) is 9.22. The molecule has 3 aromatic carbocycles. The van der Waals surface area contributed by atoms with Crippen LogP contribution in [0.1, 0.15) is 22.5 Å². The molecule has 0 saturated carbocycles. The van der Waals surface area contributed by atoms with E-state index in [0.717, 1.165) is 21.7 Å². The highest BCUT2D eigenvalue weighted by molar-refractivity contribution is 6.06. The van der Waals surface area contributed by atoms with Crippen LogP contribution < -0.4 is 5.32 Å². The van der Waals surface area contributed by atoms with Gasteiger partial charge in [0.25, 0.3) is 11.6 Å². The van der Waals surface area contributed by atoms with Crippen LogP contribution in [0.2, 0.25) is 0 Å². The normalized spacial score (nSPS) is 10.8. The van der Waals surface area contributed by atoms with Crippen LogP contribution in [-0.4, -0.2) is 28.3 Å². The average molecular weight is 429 g/mol. The van der Waals surface area contributed by atoms with Gasteiger partial charge >= 0.3 is 5.97 Å². The number of amides is 1. The van der Waals surface area contributed by atoms with Gasteiger partial charge in [-0.25, -0.2) is 4.98 Å². The molecule has 32 heavy (non-hydrogen) atoms. The van der Waals surface area contributed by atoms with E-state index in [1.165, 1.54) is 24.3 Å². The number of pyridine rings is 1. The standard InChI is InChI=1S/C24H19N3O5/c28-23(13-14-25-24(29)16-9-11-17(12-10-16)27(30)31)32-15-22-20-7-2-1-5-18(20)19-6-3-4-8-21(19)26-22/h1-12H,13-15H2,(H,25,29). The summed E-state index contributed by atoms with van der Waals surface area (Å²) in [6, 6.07) is 20.9. The molecule has 0 saturated heterocycles. The highest BCUT2D eigenvalue weighted by Crippen LogP contribution is 2.26. The summed E-state index contributed by atoms with van der Waals surface area (Å²) in [4.78, 5) is 39.1. The van der Waals surface area contributed by atoms with E-state index >= 15 is 0 Å². The van der Waals surface area contributed by atoms with Crippen LogP contribution in [0.3, 0.4) is 0 Å². The number of nitro benzene ring substituents is 1. The number of para-hydroxylation sites is 1. The van der Waals surface area contributed by atoms with Crippen molar-refractivity contribution < 1.29 is 19.2 Å². The van der Waals surface area contributed by atoms with Gasteiger partial charge in [-0.05, 0) is 23.6 Å². The van der Waals surface area contributed by atoms with Crippen molar-refractivity contribution in [3.63, 3.8) is 0 Å². The Morgan fingerprint density at radius 2 is 1.56 bits per heavy atom. The van der Waals surface area contributed by atoms with Crippen LogP contribution in [0.5, 0.6) is 0 Å². The van der Waals surface area contributed by atoms with E-state index in [0.29, 0.717) is 5.69 Å². The minimum Gasteiger partial charge on any atom is -0.459 e. The number of nitro groups is 1.